The molecule has 0 heteroatoms. The molecular formula is C11H6. The van der Waals surface area contributed by atoms with Crippen LogP contribution in [-0.2, 0) is 0 Å². The molecule has 11 heavy (non-hydrogen) atoms. The first-order valence-electron chi connectivity index (χ1n) is 3.49. The molecule has 2 rings (SSSR count). The summed E-state index contributed by atoms with van der Waals surface area (Å²) in [6.45, 7) is 2.06. The quantitative estimate of drug-likeness (QED) is 0.478. The third-order valence-electron chi connectivity index (χ3n) is 1.75. The molecule has 0 aromatic heterocycles. The Morgan fingerprint density at radius 2 is 2.09 bits per heavy atom. The number of hydrogen-bond acceptors (Lipinski definition) is 0. The highest BCUT2D eigenvalue weighted by molar-refractivity contribution is 5.57. The molecule has 0 unspecified atom stereocenters. The second-order valence-corrected chi connectivity index (χ2v) is 2.51. The van der Waals surface area contributed by atoms with Gasteiger partial charge in [0, 0.05) is 5.92 Å². The van der Waals surface area contributed by atoms with Gasteiger partial charge in [-0.3, -0.25) is 0 Å². The molecule has 0 aromatic carbocycles. The Balaban J connectivity index is 2.15. The van der Waals surface area contributed by atoms with Crippen molar-refractivity contribution >= 4 is 0 Å². The van der Waals surface area contributed by atoms with Crippen LogP contribution in [0.5, 0.6) is 0 Å². The average molecular weight is 138 g/mol. The minimum absolute atomic E-state index is 1.11. The molecule has 0 aromatic rings. The molecule has 10 radical (unpaired) electrons. The topological polar surface area (TPSA) is 0 Å². The van der Waals surface area contributed by atoms with Gasteiger partial charge in [0.25, 0.3) is 0 Å². The van der Waals surface area contributed by atoms with Crippen molar-refractivity contribution in [3.8, 4) is 0 Å². The van der Waals surface area contributed by atoms with Gasteiger partial charge in [-0.15, -0.1) is 0 Å². The maximum atomic E-state index is 3.02. The van der Waals surface area contributed by atoms with Gasteiger partial charge in [0.1, 0.15) is 0 Å². The van der Waals surface area contributed by atoms with Gasteiger partial charge >= 0.3 is 0 Å². The van der Waals surface area contributed by atoms with Gasteiger partial charge in [-0.25, -0.2) is 0 Å². The zero-order valence-corrected chi connectivity index (χ0v) is 6.23. The van der Waals surface area contributed by atoms with E-state index in [1.807, 2.05) is 6.42 Å². The van der Waals surface area contributed by atoms with E-state index in [-0.39, 0.29) is 0 Å². The number of rotatable bonds is 0. The van der Waals surface area contributed by atoms with Crippen LogP contribution >= 0.6 is 0 Å². The van der Waals surface area contributed by atoms with E-state index in [1.165, 1.54) is 5.92 Å². The third-order valence-corrected chi connectivity index (χ3v) is 1.75. The van der Waals surface area contributed by atoms with Gasteiger partial charge in [-0.1, -0.05) is 6.92 Å². The average Bonchev–Trinajstić information content (AvgIpc) is 2.25. The van der Waals surface area contributed by atoms with Gasteiger partial charge in [-0.2, -0.15) is 0 Å². The zero-order chi connectivity index (χ0) is 7.68. The molecule has 1 fully saturated rings. The number of fused-ring (bicyclic) bond motifs is 1. The standard InChI is InChI=1S/C11H6/c1-9-7-8-10-5-3-2-4-6-11(9)10/h5,7-8H,1H3. The van der Waals surface area contributed by atoms with E-state index in [2.05, 4.69) is 44.1 Å². The summed E-state index contributed by atoms with van der Waals surface area (Å²) in [5, 5.41) is 0. The Labute approximate surface area is 69.0 Å². The van der Waals surface area contributed by atoms with Crippen LogP contribution in [0.1, 0.15) is 6.92 Å². The molecule has 0 heterocycles. The summed E-state index contributed by atoms with van der Waals surface area (Å²) in [6.07, 6.45) is 17.4. The van der Waals surface area contributed by atoms with Crippen LogP contribution < -0.4 is 0 Å². The van der Waals surface area contributed by atoms with Crippen molar-refractivity contribution in [2.75, 3.05) is 0 Å². The van der Waals surface area contributed by atoms with E-state index in [0.717, 1.165) is 11.8 Å². The van der Waals surface area contributed by atoms with Crippen molar-refractivity contribution in [3.63, 3.8) is 0 Å². The summed E-state index contributed by atoms with van der Waals surface area (Å²) in [4.78, 5) is 0. The first kappa shape index (κ1) is 7.15. The van der Waals surface area contributed by atoms with Gasteiger partial charge in [0.05, 0.1) is 0 Å². The Hall–Kier alpha value is -0.520. The molecule has 0 aliphatic heterocycles. The van der Waals surface area contributed by atoms with Crippen LogP contribution in [0.4, 0.5) is 0 Å². The molecule has 0 amide bonds. The highest BCUT2D eigenvalue weighted by Crippen LogP contribution is 2.42. The summed E-state index contributed by atoms with van der Waals surface area (Å²) >= 11 is 0. The van der Waals surface area contributed by atoms with Gasteiger partial charge in [-0.05, 0) is 55.4 Å². The molecule has 0 nitrogen and oxygen atoms in total. The molecule has 2 aliphatic rings. The summed E-state index contributed by atoms with van der Waals surface area (Å²) in [7, 11) is 0. The molecule has 0 bridgehead atoms. The lowest BCUT2D eigenvalue weighted by Crippen LogP contribution is -2.04. The fourth-order valence-electron chi connectivity index (χ4n) is 1.14. The van der Waals surface area contributed by atoms with Crippen molar-refractivity contribution in [1.29, 1.82) is 0 Å². The van der Waals surface area contributed by atoms with Crippen LogP contribution in [0.15, 0.2) is 0 Å². The van der Waals surface area contributed by atoms with Crippen molar-refractivity contribution in [1.82, 2.24) is 0 Å². The normalized spacial score (nSPS) is 27.4. The molecule has 50 valence electrons. The van der Waals surface area contributed by atoms with E-state index in [4.69, 9.17) is 0 Å². The number of allylic oxidation sites excluding steroid dienone is 4. The number of hydrogen-bond donors (Lipinski definition) is 0. The van der Waals surface area contributed by atoms with Crippen LogP contribution in [0.3, 0.4) is 0 Å². The van der Waals surface area contributed by atoms with Crippen molar-refractivity contribution < 1.29 is 0 Å². The van der Waals surface area contributed by atoms with Gasteiger partial charge < -0.3 is 0 Å². The predicted octanol–water partition coefficient (Wildman–Crippen LogP) is 1.69. The van der Waals surface area contributed by atoms with Crippen molar-refractivity contribution in [2.45, 2.75) is 6.92 Å². The molecule has 1 saturated carbocycles. The largest absolute Gasteiger partial charge is 0.0579 e. The van der Waals surface area contributed by atoms with Crippen LogP contribution in [0, 0.1) is 61.3 Å². The first-order chi connectivity index (χ1) is 5.38. The van der Waals surface area contributed by atoms with Gasteiger partial charge in [0.15, 0.2) is 0 Å². The summed E-state index contributed by atoms with van der Waals surface area (Å²) < 4.78 is 0. The molecule has 0 saturated heterocycles. The Morgan fingerprint density at radius 3 is 3.00 bits per heavy atom. The lowest BCUT2D eigenvalue weighted by Gasteiger charge is -2.12. The first-order valence-corrected chi connectivity index (χ1v) is 3.49. The summed E-state index contributed by atoms with van der Waals surface area (Å²) in [6, 6.07) is 0. The summed E-state index contributed by atoms with van der Waals surface area (Å²) in [5.74, 6) is 3.50. The van der Waals surface area contributed by atoms with Crippen molar-refractivity contribution in [3.05, 3.63) is 61.3 Å². The molecule has 2 aliphatic carbocycles. The molecule has 0 atom stereocenters. The predicted molar refractivity (Wildman–Crippen MR) is 41.3 cm³/mol. The highest BCUT2D eigenvalue weighted by atomic mass is 14.4. The molecule has 0 N–H and O–H groups in total. The second kappa shape index (κ2) is 2.84. The van der Waals surface area contributed by atoms with Crippen LogP contribution in [-0.4, -0.2) is 0 Å². The van der Waals surface area contributed by atoms with E-state index < -0.39 is 0 Å². The minimum atomic E-state index is 1.11. The highest BCUT2D eigenvalue weighted by Gasteiger charge is 2.33. The fraction of sp³-hybridized carbons (Fsp3) is 0.0909. The van der Waals surface area contributed by atoms with Crippen LogP contribution in [0.2, 0.25) is 0 Å². The second-order valence-electron chi connectivity index (χ2n) is 2.51. The monoisotopic (exact) mass is 138 g/mol. The maximum absolute atomic E-state index is 3.02. The lowest BCUT2D eigenvalue weighted by atomic mass is 9.89. The lowest BCUT2D eigenvalue weighted by molar-refractivity contribution is 1.07. The van der Waals surface area contributed by atoms with Gasteiger partial charge in [0.2, 0.25) is 0 Å². The third kappa shape index (κ3) is 1.26. The summed E-state index contributed by atoms with van der Waals surface area (Å²) in [5.41, 5.74) is 0. The van der Waals surface area contributed by atoms with Crippen LogP contribution in [0.25, 0.3) is 0 Å². The minimum Gasteiger partial charge on any atom is -0.0579 e. The smallest absolute Gasteiger partial charge is 0.0204 e. The zero-order valence-electron chi connectivity index (χ0n) is 6.23. The fourth-order valence-corrected chi connectivity index (χ4v) is 1.14. The Morgan fingerprint density at radius 1 is 1.18 bits per heavy atom. The molecular weight excluding hydrogens is 132 g/mol. The van der Waals surface area contributed by atoms with E-state index in [1.54, 1.807) is 0 Å². The maximum Gasteiger partial charge on any atom is 0.0204 e. The van der Waals surface area contributed by atoms with E-state index >= 15 is 0 Å². The van der Waals surface area contributed by atoms with E-state index in [0.29, 0.717) is 0 Å². The SMILES string of the molecule is C[C]1[CH][CH][C]2[CH][C]=[C][C]=[C][C]12. The molecule has 0 spiro atoms. The Kier molecular flexibility index (Phi) is 1.85. The van der Waals surface area contributed by atoms with E-state index in [9.17, 15) is 0 Å². The Bertz CT molecular complexity index is 188. The van der Waals surface area contributed by atoms with Crippen molar-refractivity contribution in [2.24, 2.45) is 0 Å².